The summed E-state index contributed by atoms with van der Waals surface area (Å²) in [5.41, 5.74) is 0. The summed E-state index contributed by atoms with van der Waals surface area (Å²) in [6.07, 6.45) is -0.293. The van der Waals surface area contributed by atoms with E-state index < -0.39 is 0 Å². The molecular formula is C12H24NO4+. The Hall–Kier alpha value is -1.10. The molecule has 2 atom stereocenters. The van der Waals surface area contributed by atoms with Crippen LogP contribution in [0.5, 0.6) is 0 Å². The van der Waals surface area contributed by atoms with E-state index >= 15 is 0 Å². The lowest BCUT2D eigenvalue weighted by molar-refractivity contribution is -0.895. The lowest BCUT2D eigenvalue weighted by Crippen LogP contribution is -2.49. The minimum absolute atomic E-state index is 0.146. The maximum Gasteiger partial charge on any atom is 0.303 e. The lowest BCUT2D eigenvalue weighted by Gasteiger charge is -2.33. The summed E-state index contributed by atoms with van der Waals surface area (Å²) in [6, 6.07) is 0. The first-order valence-electron chi connectivity index (χ1n) is 5.79. The van der Waals surface area contributed by atoms with Crippen molar-refractivity contribution >= 4 is 11.9 Å². The van der Waals surface area contributed by atoms with Crippen LogP contribution in [0.25, 0.3) is 0 Å². The highest BCUT2D eigenvalue weighted by Crippen LogP contribution is 2.07. The van der Waals surface area contributed by atoms with Gasteiger partial charge in [-0.1, -0.05) is 0 Å². The molecule has 0 aromatic heterocycles. The molecule has 0 aliphatic carbocycles. The van der Waals surface area contributed by atoms with Crippen molar-refractivity contribution in [1.29, 1.82) is 0 Å². The van der Waals surface area contributed by atoms with Gasteiger partial charge in [0.15, 0.2) is 0 Å². The van der Waals surface area contributed by atoms with Crippen LogP contribution in [-0.2, 0) is 19.1 Å². The standard InChI is InChI=1S/C12H24NO4/c1-9(16-11(3)14)7-13(5,6)8-10(2)17-12(4)15/h9-10H,7-8H2,1-6H3/q+1. The van der Waals surface area contributed by atoms with Crippen LogP contribution in [0.2, 0.25) is 0 Å². The largest absolute Gasteiger partial charge is 0.457 e. The van der Waals surface area contributed by atoms with E-state index in [-0.39, 0.29) is 24.1 Å². The van der Waals surface area contributed by atoms with E-state index in [0.717, 1.165) is 0 Å². The number of hydrogen-bond donors (Lipinski definition) is 0. The molecule has 0 heterocycles. The number of ether oxygens (including phenoxy) is 2. The zero-order valence-corrected chi connectivity index (χ0v) is 11.6. The zero-order valence-electron chi connectivity index (χ0n) is 11.6. The van der Waals surface area contributed by atoms with Crippen LogP contribution in [0.1, 0.15) is 27.7 Å². The van der Waals surface area contributed by atoms with Crippen molar-refractivity contribution in [1.82, 2.24) is 0 Å². The summed E-state index contributed by atoms with van der Waals surface area (Å²) < 4.78 is 10.8. The first-order valence-corrected chi connectivity index (χ1v) is 5.79. The summed E-state index contributed by atoms with van der Waals surface area (Å²) in [6.45, 7) is 7.89. The van der Waals surface area contributed by atoms with E-state index in [2.05, 4.69) is 0 Å². The number of carbonyl (C=O) groups is 2. The van der Waals surface area contributed by atoms with Crippen molar-refractivity contribution in [3.05, 3.63) is 0 Å². The summed E-state index contributed by atoms with van der Waals surface area (Å²) in [5.74, 6) is -0.545. The molecule has 0 aromatic rings. The topological polar surface area (TPSA) is 52.6 Å². The predicted molar refractivity (Wildman–Crippen MR) is 64.3 cm³/mol. The first-order chi connectivity index (χ1) is 7.62. The Kier molecular flexibility index (Phi) is 6.16. The fourth-order valence-electron chi connectivity index (χ4n) is 2.11. The molecule has 0 saturated carbocycles. The van der Waals surface area contributed by atoms with Gasteiger partial charge in [0.1, 0.15) is 25.3 Å². The minimum atomic E-state index is -0.273. The van der Waals surface area contributed by atoms with Gasteiger partial charge in [-0.15, -0.1) is 0 Å². The van der Waals surface area contributed by atoms with E-state index in [4.69, 9.17) is 9.47 Å². The zero-order chi connectivity index (χ0) is 13.6. The van der Waals surface area contributed by atoms with Gasteiger partial charge in [-0.3, -0.25) is 9.59 Å². The Bertz CT molecular complexity index is 250. The molecule has 5 heteroatoms. The fourth-order valence-corrected chi connectivity index (χ4v) is 2.11. The van der Waals surface area contributed by atoms with Crippen LogP contribution in [0, 0.1) is 0 Å². The summed E-state index contributed by atoms with van der Waals surface area (Å²) in [5, 5.41) is 0. The maximum atomic E-state index is 10.8. The van der Waals surface area contributed by atoms with Gasteiger partial charge < -0.3 is 14.0 Å². The van der Waals surface area contributed by atoms with Crippen LogP contribution in [0.3, 0.4) is 0 Å². The number of esters is 2. The Morgan fingerprint density at radius 3 is 1.47 bits per heavy atom. The van der Waals surface area contributed by atoms with Crippen LogP contribution in [-0.4, -0.2) is 55.8 Å². The quantitative estimate of drug-likeness (QED) is 0.517. The van der Waals surface area contributed by atoms with Crippen LogP contribution in [0.15, 0.2) is 0 Å². The minimum Gasteiger partial charge on any atom is -0.457 e. The number of likely N-dealkylation sites (N-methyl/N-ethyl adjacent to an activating group) is 1. The molecule has 0 N–H and O–H groups in total. The highest BCUT2D eigenvalue weighted by atomic mass is 16.5. The second kappa shape index (κ2) is 6.59. The van der Waals surface area contributed by atoms with Gasteiger partial charge in [0.25, 0.3) is 0 Å². The molecule has 0 aliphatic rings. The van der Waals surface area contributed by atoms with Crippen molar-refractivity contribution < 1.29 is 23.5 Å². The molecular weight excluding hydrogens is 222 g/mol. The summed E-state index contributed by atoms with van der Waals surface area (Å²) >= 11 is 0. The van der Waals surface area contributed by atoms with Gasteiger partial charge in [-0.05, 0) is 13.8 Å². The average molecular weight is 246 g/mol. The number of quaternary nitrogens is 1. The van der Waals surface area contributed by atoms with Gasteiger partial charge in [-0.2, -0.15) is 0 Å². The molecule has 0 bridgehead atoms. The van der Waals surface area contributed by atoms with Crippen LogP contribution in [0.4, 0.5) is 0 Å². The first kappa shape index (κ1) is 15.9. The molecule has 0 fully saturated rings. The molecule has 100 valence electrons. The summed E-state index contributed by atoms with van der Waals surface area (Å²) in [4.78, 5) is 21.6. The van der Waals surface area contributed by atoms with Gasteiger partial charge in [0, 0.05) is 13.8 Å². The second-order valence-corrected chi connectivity index (χ2v) is 5.14. The van der Waals surface area contributed by atoms with Gasteiger partial charge >= 0.3 is 11.9 Å². The molecule has 0 aromatic carbocycles. The van der Waals surface area contributed by atoms with Crippen LogP contribution >= 0.6 is 0 Å². The smallest absolute Gasteiger partial charge is 0.303 e. The molecule has 5 nitrogen and oxygen atoms in total. The molecule has 0 saturated heterocycles. The number of nitrogens with zero attached hydrogens (tertiary/aromatic N) is 1. The third-order valence-corrected chi connectivity index (χ3v) is 2.24. The molecule has 2 unspecified atom stereocenters. The normalized spacial score (nSPS) is 14.9. The molecule has 0 amide bonds. The van der Waals surface area contributed by atoms with Crippen molar-refractivity contribution in [3.63, 3.8) is 0 Å². The third kappa shape index (κ3) is 8.68. The second-order valence-electron chi connectivity index (χ2n) is 5.14. The van der Waals surface area contributed by atoms with Crippen molar-refractivity contribution in [2.45, 2.75) is 39.9 Å². The van der Waals surface area contributed by atoms with E-state index in [1.54, 1.807) is 0 Å². The molecule has 0 rings (SSSR count). The average Bonchev–Trinajstić information content (AvgIpc) is 1.95. The molecule has 0 aliphatic heterocycles. The van der Waals surface area contributed by atoms with Crippen molar-refractivity contribution in [3.8, 4) is 0 Å². The SMILES string of the molecule is CC(=O)OC(C)C[N+](C)(C)CC(C)OC(C)=O. The van der Waals surface area contributed by atoms with Gasteiger partial charge in [0.05, 0.1) is 14.1 Å². The predicted octanol–water partition coefficient (Wildman–Crippen LogP) is 0.966. The van der Waals surface area contributed by atoms with Crippen molar-refractivity contribution in [2.75, 3.05) is 27.2 Å². The summed E-state index contributed by atoms with van der Waals surface area (Å²) in [7, 11) is 4.03. The highest BCUT2D eigenvalue weighted by Gasteiger charge is 2.24. The Balaban J connectivity index is 4.18. The van der Waals surface area contributed by atoms with Crippen molar-refractivity contribution in [2.24, 2.45) is 0 Å². The van der Waals surface area contributed by atoms with Crippen LogP contribution < -0.4 is 0 Å². The molecule has 0 radical (unpaired) electrons. The fraction of sp³-hybridized carbons (Fsp3) is 0.833. The van der Waals surface area contributed by atoms with Gasteiger partial charge in [-0.25, -0.2) is 0 Å². The number of rotatable bonds is 6. The molecule has 0 spiro atoms. The Morgan fingerprint density at radius 1 is 0.941 bits per heavy atom. The number of carbonyl (C=O) groups excluding carboxylic acids is 2. The monoisotopic (exact) mass is 246 g/mol. The number of hydrogen-bond acceptors (Lipinski definition) is 4. The van der Waals surface area contributed by atoms with E-state index in [1.165, 1.54) is 13.8 Å². The Labute approximate surface area is 103 Å². The third-order valence-electron chi connectivity index (χ3n) is 2.24. The van der Waals surface area contributed by atoms with E-state index in [0.29, 0.717) is 17.6 Å². The maximum absolute atomic E-state index is 10.8. The highest BCUT2D eigenvalue weighted by molar-refractivity contribution is 5.66. The lowest BCUT2D eigenvalue weighted by atomic mass is 10.2. The van der Waals surface area contributed by atoms with Gasteiger partial charge in [0.2, 0.25) is 0 Å². The van der Waals surface area contributed by atoms with E-state index in [9.17, 15) is 9.59 Å². The van der Waals surface area contributed by atoms with E-state index in [1.807, 2.05) is 27.9 Å². The molecule has 17 heavy (non-hydrogen) atoms. The Morgan fingerprint density at radius 2 is 1.24 bits per heavy atom.